The van der Waals surface area contributed by atoms with E-state index in [2.05, 4.69) is 31.5 Å². The van der Waals surface area contributed by atoms with Crippen LogP contribution in [0.1, 0.15) is 19.7 Å². The van der Waals surface area contributed by atoms with Gasteiger partial charge < -0.3 is 15.4 Å². The van der Waals surface area contributed by atoms with Crippen molar-refractivity contribution in [1.82, 2.24) is 15.0 Å². The van der Waals surface area contributed by atoms with Gasteiger partial charge in [-0.15, -0.1) is 0 Å². The number of methoxy groups -OCH3 is 1. The van der Waals surface area contributed by atoms with Gasteiger partial charge in [-0.25, -0.2) is 26.3 Å². The van der Waals surface area contributed by atoms with Gasteiger partial charge in [0.2, 0.25) is 17.7 Å². The summed E-state index contributed by atoms with van der Waals surface area (Å²) in [6, 6.07) is -3.96. The monoisotopic (exact) mass is 427 g/mol. The molecule has 162 valence electrons. The molecule has 2 unspecified atom stereocenters. The number of carbonyl (C=O) groups is 1. The first-order valence-electron chi connectivity index (χ1n) is 8.13. The summed E-state index contributed by atoms with van der Waals surface area (Å²) in [6.45, 7) is -0.131. The fraction of sp³-hybridized carbons (Fsp3) is 0.625. The summed E-state index contributed by atoms with van der Waals surface area (Å²) in [5.74, 6) is 2.54. The lowest BCUT2D eigenvalue weighted by Gasteiger charge is -2.17. The van der Waals surface area contributed by atoms with Gasteiger partial charge in [0.1, 0.15) is 30.8 Å². The van der Waals surface area contributed by atoms with E-state index in [1.807, 2.05) is 10.6 Å². The van der Waals surface area contributed by atoms with E-state index >= 15 is 0 Å². The van der Waals surface area contributed by atoms with Crippen molar-refractivity contribution in [2.45, 2.75) is 38.8 Å². The van der Waals surface area contributed by atoms with E-state index in [0.29, 0.717) is 0 Å². The number of halogens is 6. The number of hydrogen-bond donors (Lipinski definition) is 2. The van der Waals surface area contributed by atoms with Crippen LogP contribution in [0.2, 0.25) is 0 Å². The van der Waals surface area contributed by atoms with Crippen LogP contribution in [0.4, 0.5) is 38.2 Å². The van der Waals surface area contributed by atoms with Crippen molar-refractivity contribution in [2.75, 3.05) is 31.1 Å². The third-order valence-corrected chi connectivity index (χ3v) is 3.39. The van der Waals surface area contributed by atoms with E-state index in [4.69, 9.17) is 0 Å². The Bertz CT molecular complexity index is 717. The summed E-state index contributed by atoms with van der Waals surface area (Å²) in [5, 5.41) is 3.99. The predicted molar refractivity (Wildman–Crippen MR) is 91.3 cm³/mol. The van der Waals surface area contributed by atoms with Crippen molar-refractivity contribution in [3.05, 3.63) is 5.82 Å². The first kappa shape index (κ1) is 24.3. The molecular formula is C16H19F6N5O2. The number of anilines is 2. The average Bonchev–Trinajstić information content (AvgIpc) is 2.67. The smallest absolute Gasteiger partial charge is 0.323 e. The van der Waals surface area contributed by atoms with Crippen molar-refractivity contribution < 1.29 is 35.9 Å². The van der Waals surface area contributed by atoms with Gasteiger partial charge in [0, 0.05) is 0 Å². The minimum Gasteiger partial charge on any atom is -0.468 e. The highest BCUT2D eigenvalue weighted by atomic mass is 19.3. The molecule has 1 aromatic heterocycles. The Balaban J connectivity index is 3.32. The van der Waals surface area contributed by atoms with Gasteiger partial charge in [-0.2, -0.15) is 15.0 Å². The average molecular weight is 427 g/mol. The number of hydrogen-bond acceptors (Lipinski definition) is 7. The molecule has 0 spiro atoms. The van der Waals surface area contributed by atoms with Crippen LogP contribution in [0.15, 0.2) is 0 Å². The van der Waals surface area contributed by atoms with Crippen LogP contribution in [0.25, 0.3) is 0 Å². The molecule has 2 atom stereocenters. The van der Waals surface area contributed by atoms with Gasteiger partial charge in [0.25, 0.3) is 12.9 Å². The van der Waals surface area contributed by atoms with E-state index in [0.717, 1.165) is 7.11 Å². The molecule has 1 aromatic rings. The summed E-state index contributed by atoms with van der Waals surface area (Å²) in [7, 11) is 1.14. The van der Waals surface area contributed by atoms with E-state index in [9.17, 15) is 31.1 Å². The van der Waals surface area contributed by atoms with Crippen molar-refractivity contribution >= 4 is 17.9 Å². The lowest BCUT2D eigenvalue weighted by Crippen LogP contribution is -2.33. The highest BCUT2D eigenvalue weighted by molar-refractivity contribution is 5.79. The largest absolute Gasteiger partial charge is 0.468 e. The SMILES string of the molecule is COC(=O)C(C)(C)C#Cc1nc(NC(CF)C(F)F)nc(NC(CF)C(F)F)n1. The van der Waals surface area contributed by atoms with E-state index in [1.54, 1.807) is 0 Å². The molecular weight excluding hydrogens is 408 g/mol. The molecule has 0 radical (unpaired) electrons. The number of nitrogens with zero attached hydrogens (tertiary/aromatic N) is 3. The van der Waals surface area contributed by atoms with Gasteiger partial charge in [0.05, 0.1) is 7.11 Å². The standard InChI is InChI=1S/C16H19F6N5O2/c1-16(2,13(28)29-3)5-4-10-25-14(23-8(6-17)11(19)20)27-15(26-10)24-9(7-18)12(21)22/h8-9,11-12H,6-7H2,1-3H3,(H2,23,24,25,26,27). The predicted octanol–water partition coefficient (Wildman–Crippen LogP) is 2.45. The fourth-order valence-electron chi connectivity index (χ4n) is 1.75. The fourth-order valence-corrected chi connectivity index (χ4v) is 1.75. The Morgan fingerprint density at radius 3 is 1.79 bits per heavy atom. The topological polar surface area (TPSA) is 89.0 Å². The molecule has 13 heteroatoms. The van der Waals surface area contributed by atoms with Crippen LogP contribution in [0.3, 0.4) is 0 Å². The number of rotatable bonds is 9. The van der Waals surface area contributed by atoms with Crippen LogP contribution in [-0.4, -0.2) is 66.3 Å². The molecule has 0 saturated carbocycles. The number of esters is 1. The highest BCUT2D eigenvalue weighted by Gasteiger charge is 2.27. The van der Waals surface area contributed by atoms with E-state index < -0.39 is 67.4 Å². The number of nitrogens with one attached hydrogen (secondary N) is 2. The first-order chi connectivity index (χ1) is 13.5. The van der Waals surface area contributed by atoms with Gasteiger partial charge >= 0.3 is 5.97 Å². The zero-order valence-corrected chi connectivity index (χ0v) is 15.6. The molecule has 0 bridgehead atoms. The number of aromatic nitrogens is 3. The van der Waals surface area contributed by atoms with Crippen molar-refractivity contribution in [3.63, 3.8) is 0 Å². The Hall–Kier alpha value is -2.78. The van der Waals surface area contributed by atoms with Crippen LogP contribution in [0.5, 0.6) is 0 Å². The van der Waals surface area contributed by atoms with Crippen molar-refractivity contribution in [3.8, 4) is 11.8 Å². The lowest BCUT2D eigenvalue weighted by molar-refractivity contribution is -0.147. The van der Waals surface area contributed by atoms with Crippen LogP contribution >= 0.6 is 0 Å². The van der Waals surface area contributed by atoms with Gasteiger partial charge in [-0.05, 0) is 19.8 Å². The molecule has 1 rings (SSSR count). The normalized spacial score (nSPS) is 13.5. The van der Waals surface area contributed by atoms with E-state index in [1.165, 1.54) is 13.8 Å². The van der Waals surface area contributed by atoms with Crippen LogP contribution in [-0.2, 0) is 9.53 Å². The minimum atomic E-state index is -3.12. The molecule has 1 heterocycles. The van der Waals surface area contributed by atoms with Crippen LogP contribution in [0, 0.1) is 17.3 Å². The molecule has 2 N–H and O–H groups in total. The van der Waals surface area contributed by atoms with Gasteiger partial charge in [-0.1, -0.05) is 5.92 Å². The van der Waals surface area contributed by atoms with E-state index in [-0.39, 0.29) is 0 Å². The molecule has 0 amide bonds. The second-order valence-electron chi connectivity index (χ2n) is 6.15. The number of ether oxygens (including phenoxy) is 1. The molecule has 0 saturated heterocycles. The van der Waals surface area contributed by atoms with Crippen molar-refractivity contribution in [1.29, 1.82) is 0 Å². The van der Waals surface area contributed by atoms with Gasteiger partial charge in [0.15, 0.2) is 0 Å². The third-order valence-electron chi connectivity index (χ3n) is 3.39. The summed E-state index contributed by atoms with van der Waals surface area (Å²) >= 11 is 0. The number of alkyl halides is 6. The second kappa shape index (κ2) is 10.7. The Morgan fingerprint density at radius 2 is 1.45 bits per heavy atom. The molecule has 7 nitrogen and oxygen atoms in total. The number of carbonyl (C=O) groups excluding carboxylic acids is 1. The molecule has 0 aliphatic heterocycles. The van der Waals surface area contributed by atoms with Gasteiger partial charge in [-0.3, -0.25) is 4.79 Å². The summed E-state index contributed by atoms with van der Waals surface area (Å²) in [5.41, 5.74) is -1.31. The van der Waals surface area contributed by atoms with Crippen LogP contribution < -0.4 is 10.6 Å². The third kappa shape index (κ3) is 7.28. The Labute approximate surface area is 162 Å². The maximum absolute atomic E-state index is 12.8. The zero-order chi connectivity index (χ0) is 22.2. The Kier molecular flexibility index (Phi) is 8.93. The second-order valence-corrected chi connectivity index (χ2v) is 6.15. The molecule has 0 aliphatic rings. The minimum absolute atomic E-state index is 0.416. The molecule has 0 aromatic carbocycles. The van der Waals surface area contributed by atoms with Crippen molar-refractivity contribution in [2.24, 2.45) is 5.41 Å². The maximum atomic E-state index is 12.8. The summed E-state index contributed by atoms with van der Waals surface area (Å²) in [6.07, 6.45) is -6.25. The quantitative estimate of drug-likeness (QED) is 0.356. The highest BCUT2D eigenvalue weighted by Crippen LogP contribution is 2.17. The Morgan fingerprint density at radius 1 is 1.00 bits per heavy atom. The summed E-state index contributed by atoms with van der Waals surface area (Å²) in [4.78, 5) is 22.6. The summed E-state index contributed by atoms with van der Waals surface area (Å²) < 4.78 is 81.1. The zero-order valence-electron chi connectivity index (χ0n) is 15.6. The first-order valence-corrected chi connectivity index (χ1v) is 8.13. The molecule has 0 aliphatic carbocycles. The molecule has 29 heavy (non-hydrogen) atoms. The molecule has 0 fully saturated rings. The maximum Gasteiger partial charge on any atom is 0.323 e. The lowest BCUT2D eigenvalue weighted by atomic mass is 9.95.